The van der Waals surface area contributed by atoms with Gasteiger partial charge in [0, 0.05) is 23.8 Å². The quantitative estimate of drug-likeness (QED) is 0.266. The second-order valence-corrected chi connectivity index (χ2v) is 9.35. The van der Waals surface area contributed by atoms with E-state index < -0.39 is 6.17 Å². The van der Waals surface area contributed by atoms with Crippen molar-refractivity contribution in [3.8, 4) is 17.2 Å². The monoisotopic (exact) mass is 672 g/mol. The second kappa shape index (κ2) is 11.5. The molecule has 0 bridgehead atoms. The van der Waals surface area contributed by atoms with Crippen LogP contribution in [0.3, 0.4) is 0 Å². The molecule has 7 nitrogen and oxygen atoms in total. The first-order valence-corrected chi connectivity index (χ1v) is 11.9. The molecule has 0 saturated carbocycles. The fraction of sp³-hybridized carbons (Fsp3) is 0.167. The summed E-state index contributed by atoms with van der Waals surface area (Å²) in [5, 5.41) is 5.81. The third-order valence-electron chi connectivity index (χ3n) is 4.74. The first-order chi connectivity index (χ1) is 15.9. The van der Waals surface area contributed by atoms with Crippen molar-refractivity contribution in [2.45, 2.75) is 6.17 Å². The first kappa shape index (κ1) is 25.1. The molecule has 33 heavy (non-hydrogen) atoms. The highest BCUT2D eigenvalue weighted by atomic mass is 127. The number of ether oxygens (including phenoxy) is 3. The molecule has 0 unspecified atom stereocenters. The molecule has 0 fully saturated rings. The molecule has 0 aliphatic heterocycles. The third kappa shape index (κ3) is 6.28. The van der Waals surface area contributed by atoms with Crippen LogP contribution < -0.4 is 24.8 Å². The number of amides is 2. The molecule has 0 aliphatic rings. The number of methoxy groups -OCH3 is 3. The molecular weight excluding hydrogens is 650 g/mol. The van der Waals surface area contributed by atoms with Crippen molar-refractivity contribution in [2.75, 3.05) is 21.3 Å². The molecule has 0 atom stereocenters. The summed E-state index contributed by atoms with van der Waals surface area (Å²) in [4.78, 5) is 26.1. The Morgan fingerprint density at radius 2 is 1.18 bits per heavy atom. The van der Waals surface area contributed by atoms with Gasteiger partial charge in [-0.3, -0.25) is 9.59 Å². The topological polar surface area (TPSA) is 85.9 Å². The summed E-state index contributed by atoms with van der Waals surface area (Å²) in [5.74, 6) is 0.550. The van der Waals surface area contributed by atoms with Crippen molar-refractivity contribution in [1.29, 1.82) is 0 Å². The zero-order valence-corrected chi connectivity index (χ0v) is 22.5. The van der Waals surface area contributed by atoms with Gasteiger partial charge >= 0.3 is 0 Å². The summed E-state index contributed by atoms with van der Waals surface area (Å²) in [5.41, 5.74) is 1.51. The average molecular weight is 672 g/mol. The number of hydrogen-bond acceptors (Lipinski definition) is 5. The zero-order valence-electron chi connectivity index (χ0n) is 18.1. The normalized spacial score (nSPS) is 10.5. The summed E-state index contributed by atoms with van der Waals surface area (Å²) < 4.78 is 18.1. The summed E-state index contributed by atoms with van der Waals surface area (Å²) in [6.45, 7) is 0. The summed E-state index contributed by atoms with van der Waals surface area (Å²) in [6, 6.07) is 17.7. The lowest BCUT2D eigenvalue weighted by molar-refractivity contribution is 0.0883. The lowest BCUT2D eigenvalue weighted by Crippen LogP contribution is -2.41. The van der Waals surface area contributed by atoms with E-state index in [9.17, 15) is 9.59 Å². The molecule has 0 aromatic heterocycles. The minimum Gasteiger partial charge on any atom is -0.493 e. The number of benzene rings is 3. The van der Waals surface area contributed by atoms with E-state index >= 15 is 0 Å². The molecule has 3 aromatic carbocycles. The van der Waals surface area contributed by atoms with Crippen molar-refractivity contribution in [1.82, 2.24) is 10.6 Å². The minimum absolute atomic E-state index is 0.338. The Morgan fingerprint density at radius 1 is 0.727 bits per heavy atom. The van der Waals surface area contributed by atoms with Crippen LogP contribution in [-0.2, 0) is 0 Å². The number of hydrogen-bond donors (Lipinski definition) is 2. The Morgan fingerprint density at radius 3 is 1.55 bits per heavy atom. The molecule has 0 saturated heterocycles. The van der Waals surface area contributed by atoms with Crippen LogP contribution in [-0.4, -0.2) is 33.1 Å². The lowest BCUT2D eigenvalue weighted by Gasteiger charge is -2.23. The van der Waals surface area contributed by atoms with Gasteiger partial charge in [0.2, 0.25) is 5.75 Å². The number of carbonyl (C=O) groups excluding carboxylic acids is 2. The lowest BCUT2D eigenvalue weighted by atomic mass is 10.1. The average Bonchev–Trinajstić information content (AvgIpc) is 2.82. The summed E-state index contributed by atoms with van der Waals surface area (Å²) >= 11 is 4.29. The second-order valence-electron chi connectivity index (χ2n) is 6.86. The Bertz CT molecular complexity index is 1080. The predicted molar refractivity (Wildman–Crippen MR) is 142 cm³/mol. The molecular formula is C24H22I2N2O5. The fourth-order valence-corrected chi connectivity index (χ4v) is 4.25. The standard InChI is InChI=1S/C24H22I2N2O5/c1-31-19-12-16(13-20(32-2)21(19)33-3)22(27-23(29)14-6-4-8-17(25)10-14)28-24(30)15-7-5-9-18(26)11-15/h4-13,22H,1-3H3,(H,27,29)(H,28,30). The van der Waals surface area contributed by atoms with Crippen LogP contribution >= 0.6 is 45.2 Å². The van der Waals surface area contributed by atoms with Crippen molar-refractivity contribution < 1.29 is 23.8 Å². The Balaban J connectivity index is 2.01. The molecule has 9 heteroatoms. The fourth-order valence-electron chi connectivity index (χ4n) is 3.16. The van der Waals surface area contributed by atoms with Crippen LogP contribution in [0.15, 0.2) is 60.7 Å². The van der Waals surface area contributed by atoms with Crippen LogP contribution in [0.1, 0.15) is 32.4 Å². The highest BCUT2D eigenvalue weighted by molar-refractivity contribution is 14.1. The van der Waals surface area contributed by atoms with Crippen molar-refractivity contribution in [3.05, 3.63) is 84.5 Å². The smallest absolute Gasteiger partial charge is 0.253 e. The van der Waals surface area contributed by atoms with Gasteiger partial charge in [0.05, 0.1) is 21.3 Å². The SMILES string of the molecule is COc1cc(C(NC(=O)c2cccc(I)c2)NC(=O)c2cccc(I)c2)cc(OC)c1OC. The molecule has 2 N–H and O–H groups in total. The van der Waals surface area contributed by atoms with E-state index in [1.165, 1.54) is 21.3 Å². The maximum absolute atomic E-state index is 13.0. The number of rotatable bonds is 8. The van der Waals surface area contributed by atoms with Crippen LogP contribution in [0.5, 0.6) is 17.2 Å². The van der Waals surface area contributed by atoms with E-state index in [2.05, 4.69) is 55.8 Å². The first-order valence-electron chi connectivity index (χ1n) is 9.79. The highest BCUT2D eigenvalue weighted by Gasteiger charge is 2.23. The maximum Gasteiger partial charge on any atom is 0.253 e. The maximum atomic E-state index is 13.0. The van der Waals surface area contributed by atoms with E-state index in [1.807, 2.05) is 12.1 Å². The van der Waals surface area contributed by atoms with Gasteiger partial charge in [-0.2, -0.15) is 0 Å². The Hall–Kier alpha value is -2.54. The Kier molecular flexibility index (Phi) is 8.78. The van der Waals surface area contributed by atoms with Gasteiger partial charge in [-0.25, -0.2) is 0 Å². The van der Waals surface area contributed by atoms with Crippen LogP contribution in [0.2, 0.25) is 0 Å². The van der Waals surface area contributed by atoms with Gasteiger partial charge < -0.3 is 24.8 Å². The molecule has 3 aromatic rings. The molecule has 0 radical (unpaired) electrons. The zero-order chi connectivity index (χ0) is 24.0. The van der Waals surface area contributed by atoms with Gasteiger partial charge in [0.1, 0.15) is 6.17 Å². The van der Waals surface area contributed by atoms with Gasteiger partial charge in [-0.15, -0.1) is 0 Å². The number of halogens is 2. The van der Waals surface area contributed by atoms with Gasteiger partial charge in [0.25, 0.3) is 11.8 Å². The largest absolute Gasteiger partial charge is 0.493 e. The Labute approximate surface area is 219 Å². The minimum atomic E-state index is -0.866. The van der Waals surface area contributed by atoms with E-state index in [-0.39, 0.29) is 11.8 Å². The van der Waals surface area contributed by atoms with Crippen molar-refractivity contribution in [3.63, 3.8) is 0 Å². The van der Waals surface area contributed by atoms with E-state index in [0.29, 0.717) is 33.9 Å². The highest BCUT2D eigenvalue weighted by Crippen LogP contribution is 2.39. The molecule has 0 heterocycles. The molecule has 3 rings (SSSR count). The van der Waals surface area contributed by atoms with Gasteiger partial charge in [-0.05, 0) is 93.7 Å². The van der Waals surface area contributed by atoms with Crippen LogP contribution in [0.25, 0.3) is 0 Å². The van der Waals surface area contributed by atoms with Crippen molar-refractivity contribution >= 4 is 57.0 Å². The van der Waals surface area contributed by atoms with Crippen molar-refractivity contribution in [2.24, 2.45) is 0 Å². The van der Waals surface area contributed by atoms with Gasteiger partial charge in [0.15, 0.2) is 11.5 Å². The predicted octanol–water partition coefficient (Wildman–Crippen LogP) is 4.78. The van der Waals surface area contributed by atoms with Gasteiger partial charge in [-0.1, -0.05) is 12.1 Å². The summed E-state index contributed by atoms with van der Waals surface area (Å²) in [7, 11) is 4.52. The van der Waals surface area contributed by atoms with E-state index in [0.717, 1.165) is 7.14 Å². The van der Waals surface area contributed by atoms with Crippen LogP contribution in [0, 0.1) is 7.14 Å². The molecule has 172 valence electrons. The number of carbonyl (C=O) groups is 2. The molecule has 2 amide bonds. The van der Waals surface area contributed by atoms with E-state index in [1.54, 1.807) is 48.5 Å². The summed E-state index contributed by atoms with van der Waals surface area (Å²) in [6.07, 6.45) is -0.866. The molecule has 0 spiro atoms. The number of nitrogens with one attached hydrogen (secondary N) is 2. The molecule has 0 aliphatic carbocycles. The van der Waals surface area contributed by atoms with E-state index in [4.69, 9.17) is 14.2 Å². The van der Waals surface area contributed by atoms with Crippen LogP contribution in [0.4, 0.5) is 0 Å². The third-order valence-corrected chi connectivity index (χ3v) is 6.09.